The van der Waals surface area contributed by atoms with Crippen molar-refractivity contribution in [2.45, 2.75) is 33.1 Å². The van der Waals surface area contributed by atoms with Crippen LogP contribution in [0, 0.1) is 5.92 Å². The Morgan fingerprint density at radius 3 is 2.13 bits per heavy atom. The van der Waals surface area contributed by atoms with E-state index in [1.807, 2.05) is 0 Å². The number of aromatic nitrogens is 1. The van der Waals surface area contributed by atoms with Crippen molar-refractivity contribution in [2.24, 2.45) is 5.92 Å². The molecule has 0 radical (unpaired) electrons. The highest BCUT2D eigenvalue weighted by Crippen LogP contribution is 2.30. The normalized spacial score (nSPS) is 13.1. The summed E-state index contributed by atoms with van der Waals surface area (Å²) in [7, 11) is 0. The zero-order valence-electron chi connectivity index (χ0n) is 16.9. The van der Waals surface area contributed by atoms with Crippen molar-refractivity contribution < 1.29 is 41.8 Å². The number of alkyl halides is 3. The largest absolute Gasteiger partial charge is 0.483 e. The lowest BCUT2D eigenvalue weighted by molar-refractivity contribution is -0.156. The molecule has 31 heavy (non-hydrogen) atoms. The number of Topliss-reactive ketones (excluding diaryl/α,β-unsaturated/α-hetero) is 2. The van der Waals surface area contributed by atoms with E-state index in [0.29, 0.717) is 6.20 Å². The van der Waals surface area contributed by atoms with Crippen molar-refractivity contribution in [1.82, 2.24) is 4.98 Å². The molecule has 0 aliphatic rings. The molecule has 0 N–H and O–H groups in total. The SMILES string of the molecule is CCOC(=O)C(C(C)=O)C(=O)[C@@H](C)Oc1ccc(Oc2ccc(C(F)(F)F)cn2)cc1. The van der Waals surface area contributed by atoms with Gasteiger partial charge in [-0.15, -0.1) is 0 Å². The molecular formula is C21H20F3NO6. The Hall–Kier alpha value is -3.43. The van der Waals surface area contributed by atoms with Gasteiger partial charge in [0.25, 0.3) is 0 Å². The number of benzene rings is 1. The number of hydrogen-bond acceptors (Lipinski definition) is 7. The minimum Gasteiger partial charge on any atom is -0.483 e. The van der Waals surface area contributed by atoms with E-state index in [1.165, 1.54) is 31.2 Å². The van der Waals surface area contributed by atoms with Gasteiger partial charge in [-0.05, 0) is 51.1 Å². The van der Waals surface area contributed by atoms with Gasteiger partial charge in [0.1, 0.15) is 11.5 Å². The molecule has 0 aliphatic heterocycles. The summed E-state index contributed by atoms with van der Waals surface area (Å²) in [5.41, 5.74) is -0.895. The third-order valence-electron chi connectivity index (χ3n) is 4.04. The van der Waals surface area contributed by atoms with E-state index in [1.54, 1.807) is 6.92 Å². The van der Waals surface area contributed by atoms with Gasteiger partial charge in [0.05, 0.1) is 12.2 Å². The summed E-state index contributed by atoms with van der Waals surface area (Å²) in [4.78, 5) is 39.6. The van der Waals surface area contributed by atoms with Gasteiger partial charge in [-0.1, -0.05) is 0 Å². The zero-order valence-corrected chi connectivity index (χ0v) is 16.9. The van der Waals surface area contributed by atoms with Gasteiger partial charge in [-0.3, -0.25) is 14.4 Å². The lowest BCUT2D eigenvalue weighted by atomic mass is 9.96. The summed E-state index contributed by atoms with van der Waals surface area (Å²) in [6.07, 6.45) is -4.94. The molecule has 166 valence electrons. The third kappa shape index (κ3) is 6.53. The average Bonchev–Trinajstić information content (AvgIpc) is 2.69. The van der Waals surface area contributed by atoms with Crippen LogP contribution in [0.15, 0.2) is 42.6 Å². The quantitative estimate of drug-likeness (QED) is 0.431. The third-order valence-corrected chi connectivity index (χ3v) is 4.04. The van der Waals surface area contributed by atoms with E-state index in [2.05, 4.69) is 4.98 Å². The number of esters is 1. The molecule has 1 heterocycles. The maximum atomic E-state index is 12.6. The van der Waals surface area contributed by atoms with E-state index < -0.39 is 41.3 Å². The molecule has 0 saturated heterocycles. The van der Waals surface area contributed by atoms with Gasteiger partial charge in [-0.25, -0.2) is 4.98 Å². The van der Waals surface area contributed by atoms with Gasteiger partial charge in [0.15, 0.2) is 23.6 Å². The summed E-state index contributed by atoms with van der Waals surface area (Å²) in [5, 5.41) is 0. The summed E-state index contributed by atoms with van der Waals surface area (Å²) >= 11 is 0. The number of halogens is 3. The van der Waals surface area contributed by atoms with Crippen molar-refractivity contribution in [3.63, 3.8) is 0 Å². The van der Waals surface area contributed by atoms with Crippen molar-refractivity contribution in [3.8, 4) is 17.4 Å². The van der Waals surface area contributed by atoms with E-state index in [0.717, 1.165) is 19.1 Å². The van der Waals surface area contributed by atoms with Crippen LogP contribution >= 0.6 is 0 Å². The molecule has 2 atom stereocenters. The molecule has 0 spiro atoms. The van der Waals surface area contributed by atoms with E-state index in [4.69, 9.17) is 14.2 Å². The fourth-order valence-corrected chi connectivity index (χ4v) is 2.52. The van der Waals surface area contributed by atoms with Gasteiger partial charge >= 0.3 is 12.1 Å². The molecule has 0 fully saturated rings. The molecule has 2 aromatic rings. The Morgan fingerprint density at radius 2 is 1.65 bits per heavy atom. The molecule has 1 unspecified atom stereocenters. The highest BCUT2D eigenvalue weighted by atomic mass is 19.4. The highest BCUT2D eigenvalue weighted by molar-refractivity contribution is 6.17. The predicted molar refractivity (Wildman–Crippen MR) is 102 cm³/mol. The summed E-state index contributed by atoms with van der Waals surface area (Å²) in [5.74, 6) is -3.39. The second-order valence-corrected chi connectivity index (χ2v) is 6.41. The Kier molecular flexibility index (Phi) is 7.73. The van der Waals surface area contributed by atoms with Crippen LogP contribution < -0.4 is 9.47 Å². The topological polar surface area (TPSA) is 91.8 Å². The predicted octanol–water partition coefficient (Wildman–Crippen LogP) is 4.00. The Bertz CT molecular complexity index is 926. The van der Waals surface area contributed by atoms with Gasteiger partial charge in [0.2, 0.25) is 5.88 Å². The second-order valence-electron chi connectivity index (χ2n) is 6.41. The Labute approximate surface area is 176 Å². The Balaban J connectivity index is 2.02. The van der Waals surface area contributed by atoms with Crippen molar-refractivity contribution >= 4 is 17.5 Å². The second kappa shape index (κ2) is 10.1. The molecule has 0 aliphatic carbocycles. The number of nitrogens with zero attached hydrogens (tertiary/aromatic N) is 1. The van der Waals surface area contributed by atoms with Crippen molar-refractivity contribution in [1.29, 1.82) is 0 Å². The van der Waals surface area contributed by atoms with Crippen LogP contribution in [0.3, 0.4) is 0 Å². The van der Waals surface area contributed by atoms with Crippen molar-refractivity contribution in [3.05, 3.63) is 48.2 Å². The maximum Gasteiger partial charge on any atom is 0.417 e. The van der Waals surface area contributed by atoms with Crippen LogP contribution in [0.5, 0.6) is 17.4 Å². The first kappa shape index (κ1) is 23.8. The monoisotopic (exact) mass is 439 g/mol. The van der Waals surface area contributed by atoms with Crippen LogP contribution in [-0.2, 0) is 25.3 Å². The smallest absolute Gasteiger partial charge is 0.417 e. The number of hydrogen-bond donors (Lipinski definition) is 0. The standard InChI is InChI=1S/C21H20F3NO6/c1-4-29-20(28)18(12(2)26)19(27)13(3)30-15-6-8-16(9-7-15)31-17-10-5-14(11-25-17)21(22,23)24/h5-11,13,18H,4H2,1-3H3/t13-,18?/m1/s1. The highest BCUT2D eigenvalue weighted by Gasteiger charge is 2.36. The van der Waals surface area contributed by atoms with E-state index in [-0.39, 0.29) is 24.0 Å². The summed E-state index contributed by atoms with van der Waals surface area (Å²) in [6, 6.07) is 7.76. The lowest BCUT2D eigenvalue weighted by Gasteiger charge is -2.18. The number of pyridine rings is 1. The minimum absolute atomic E-state index is 0.0282. The van der Waals surface area contributed by atoms with E-state index in [9.17, 15) is 27.6 Å². The zero-order chi connectivity index (χ0) is 23.2. The van der Waals surface area contributed by atoms with Crippen LogP contribution in [0.25, 0.3) is 0 Å². The van der Waals surface area contributed by atoms with Crippen LogP contribution in [0.4, 0.5) is 13.2 Å². The van der Waals surface area contributed by atoms with Crippen molar-refractivity contribution in [2.75, 3.05) is 6.61 Å². The Morgan fingerprint density at radius 1 is 1.03 bits per heavy atom. The molecule has 0 saturated carbocycles. The number of rotatable bonds is 9. The fraction of sp³-hybridized carbons (Fsp3) is 0.333. The molecule has 1 aromatic carbocycles. The summed E-state index contributed by atoms with van der Waals surface area (Å²) < 4.78 is 53.3. The molecule has 1 aromatic heterocycles. The minimum atomic E-state index is -4.49. The first-order valence-electron chi connectivity index (χ1n) is 9.21. The maximum absolute atomic E-state index is 12.6. The fourth-order valence-electron chi connectivity index (χ4n) is 2.52. The van der Waals surface area contributed by atoms with Gasteiger partial charge in [-0.2, -0.15) is 13.2 Å². The number of carbonyl (C=O) groups is 3. The molecule has 7 nitrogen and oxygen atoms in total. The van der Waals surface area contributed by atoms with Gasteiger partial charge in [0, 0.05) is 12.3 Å². The molecule has 10 heteroatoms. The number of ether oxygens (including phenoxy) is 3. The van der Waals surface area contributed by atoms with Crippen LogP contribution in [0.1, 0.15) is 26.3 Å². The molecule has 2 rings (SSSR count). The van der Waals surface area contributed by atoms with Crippen LogP contribution in [0.2, 0.25) is 0 Å². The van der Waals surface area contributed by atoms with Gasteiger partial charge < -0.3 is 14.2 Å². The molecule has 0 bridgehead atoms. The number of ketones is 2. The molecular weight excluding hydrogens is 419 g/mol. The first-order chi connectivity index (χ1) is 14.5. The number of carbonyl (C=O) groups excluding carboxylic acids is 3. The average molecular weight is 439 g/mol. The summed E-state index contributed by atoms with van der Waals surface area (Å²) in [6.45, 7) is 4.10. The van der Waals surface area contributed by atoms with Crippen LogP contribution in [-0.4, -0.2) is 35.2 Å². The molecule has 0 amide bonds. The first-order valence-corrected chi connectivity index (χ1v) is 9.21. The van der Waals surface area contributed by atoms with E-state index >= 15 is 0 Å². The lowest BCUT2D eigenvalue weighted by Crippen LogP contribution is -2.39.